The van der Waals surface area contributed by atoms with Crippen LogP contribution >= 0.6 is 0 Å². The second-order valence-electron chi connectivity index (χ2n) is 4.93. The van der Waals surface area contributed by atoms with Gasteiger partial charge in [-0.1, -0.05) is 32.8 Å². The fourth-order valence-corrected chi connectivity index (χ4v) is 2.08. The Balaban J connectivity index is 2.00. The molecule has 1 heterocycles. The fourth-order valence-electron chi connectivity index (χ4n) is 2.08. The van der Waals surface area contributed by atoms with Crippen molar-refractivity contribution in [2.24, 2.45) is 5.92 Å². The average Bonchev–Trinajstić information content (AvgIpc) is 2.29. The zero-order valence-electron chi connectivity index (χ0n) is 10.5. The van der Waals surface area contributed by atoms with Gasteiger partial charge in [-0.05, 0) is 44.2 Å². The largest absolute Gasteiger partial charge is 0.378 e. The minimum absolute atomic E-state index is 0.911. The summed E-state index contributed by atoms with van der Waals surface area (Å²) >= 11 is 0. The van der Waals surface area contributed by atoms with Crippen molar-refractivity contribution in [1.82, 2.24) is 4.90 Å². The van der Waals surface area contributed by atoms with Gasteiger partial charge >= 0.3 is 0 Å². The van der Waals surface area contributed by atoms with E-state index in [2.05, 4.69) is 31.0 Å². The number of nitrogens with zero attached hydrogens (tertiary/aromatic N) is 1. The van der Waals surface area contributed by atoms with Gasteiger partial charge in [0.1, 0.15) is 0 Å². The maximum Gasteiger partial charge on any atom is 0.0172 e. The summed E-state index contributed by atoms with van der Waals surface area (Å²) in [5.74, 6) is 0.911. The first-order chi connectivity index (χ1) is 7.33. The molecular formula is C14H27N. The monoisotopic (exact) mass is 209 g/mol. The molecule has 1 nitrogen and oxygen atoms in total. The first-order valence-corrected chi connectivity index (χ1v) is 6.73. The van der Waals surface area contributed by atoms with Crippen LogP contribution in [0.5, 0.6) is 0 Å². The maximum absolute atomic E-state index is 2.48. The summed E-state index contributed by atoms with van der Waals surface area (Å²) in [6.07, 6.45) is 14.2. The predicted octanol–water partition coefficient (Wildman–Crippen LogP) is 4.20. The summed E-state index contributed by atoms with van der Waals surface area (Å²) in [6.45, 7) is 7.20. The van der Waals surface area contributed by atoms with Crippen LogP contribution in [0.25, 0.3) is 0 Å². The number of piperidine rings is 1. The highest BCUT2D eigenvalue weighted by Gasteiger charge is 2.04. The van der Waals surface area contributed by atoms with Crippen molar-refractivity contribution in [1.29, 1.82) is 0 Å². The summed E-state index contributed by atoms with van der Waals surface area (Å²) in [5.41, 5.74) is 0. The molecule has 0 bridgehead atoms. The highest BCUT2D eigenvalue weighted by molar-refractivity contribution is 4.84. The molecule has 1 atom stereocenters. The molecule has 1 unspecified atom stereocenters. The predicted molar refractivity (Wildman–Crippen MR) is 67.9 cm³/mol. The molecule has 1 aliphatic heterocycles. The minimum atomic E-state index is 0.911. The molecule has 1 fully saturated rings. The van der Waals surface area contributed by atoms with E-state index in [-0.39, 0.29) is 0 Å². The smallest absolute Gasteiger partial charge is 0.0172 e. The Hall–Kier alpha value is -0.460. The third kappa shape index (κ3) is 5.86. The average molecular weight is 209 g/mol. The lowest BCUT2D eigenvalue weighted by Gasteiger charge is -2.24. The minimum Gasteiger partial charge on any atom is -0.378 e. The van der Waals surface area contributed by atoms with E-state index in [1.54, 1.807) is 0 Å². The second-order valence-corrected chi connectivity index (χ2v) is 4.93. The Bertz CT molecular complexity index is 168. The zero-order valence-corrected chi connectivity index (χ0v) is 10.5. The number of unbranched alkanes of at least 4 members (excludes halogenated alkanes) is 1. The van der Waals surface area contributed by atoms with E-state index in [0.29, 0.717) is 0 Å². The molecule has 0 N–H and O–H groups in total. The van der Waals surface area contributed by atoms with E-state index in [1.807, 2.05) is 0 Å². The Morgan fingerprint density at radius 1 is 1.20 bits per heavy atom. The van der Waals surface area contributed by atoms with Crippen LogP contribution in [0.3, 0.4) is 0 Å². The Morgan fingerprint density at radius 2 is 1.93 bits per heavy atom. The van der Waals surface area contributed by atoms with Crippen molar-refractivity contribution in [3.05, 3.63) is 12.3 Å². The van der Waals surface area contributed by atoms with Crippen LogP contribution in [0.2, 0.25) is 0 Å². The first kappa shape index (κ1) is 12.6. The molecule has 0 aromatic rings. The summed E-state index contributed by atoms with van der Waals surface area (Å²) in [6, 6.07) is 0. The van der Waals surface area contributed by atoms with Crippen LogP contribution in [-0.2, 0) is 0 Å². The number of rotatable bonds is 6. The Morgan fingerprint density at radius 3 is 2.60 bits per heavy atom. The van der Waals surface area contributed by atoms with Gasteiger partial charge in [-0.15, -0.1) is 0 Å². The van der Waals surface area contributed by atoms with Crippen molar-refractivity contribution in [3.8, 4) is 0 Å². The van der Waals surface area contributed by atoms with Gasteiger partial charge in [-0.25, -0.2) is 0 Å². The molecule has 0 spiro atoms. The van der Waals surface area contributed by atoms with Crippen LogP contribution in [-0.4, -0.2) is 18.0 Å². The second kappa shape index (κ2) is 7.78. The summed E-state index contributed by atoms with van der Waals surface area (Å²) in [5, 5.41) is 0. The molecule has 0 radical (unpaired) electrons. The molecule has 1 rings (SSSR count). The van der Waals surface area contributed by atoms with Gasteiger partial charge in [0.05, 0.1) is 0 Å². The Labute approximate surface area is 95.5 Å². The first-order valence-electron chi connectivity index (χ1n) is 6.73. The highest BCUT2D eigenvalue weighted by atomic mass is 15.1. The highest BCUT2D eigenvalue weighted by Crippen LogP contribution is 2.12. The Kier molecular flexibility index (Phi) is 6.54. The van der Waals surface area contributed by atoms with E-state index in [0.717, 1.165) is 5.92 Å². The third-order valence-electron chi connectivity index (χ3n) is 3.47. The standard InChI is InChI=1S/C14H27N/c1-3-14(2)10-6-4-7-11-15-12-8-5-9-13-15/h7,11,14H,3-6,8-10,12-13H2,1-2H3. The lowest BCUT2D eigenvalue weighted by Crippen LogP contribution is -2.24. The number of allylic oxidation sites excluding steroid dienone is 1. The molecule has 0 saturated carbocycles. The quantitative estimate of drug-likeness (QED) is 0.593. The van der Waals surface area contributed by atoms with Crippen LogP contribution in [0.15, 0.2) is 12.3 Å². The summed E-state index contributed by atoms with van der Waals surface area (Å²) in [7, 11) is 0. The van der Waals surface area contributed by atoms with E-state index in [4.69, 9.17) is 0 Å². The molecule has 1 saturated heterocycles. The molecule has 0 amide bonds. The van der Waals surface area contributed by atoms with Gasteiger partial charge in [0.2, 0.25) is 0 Å². The van der Waals surface area contributed by atoms with E-state index >= 15 is 0 Å². The molecule has 0 aromatic carbocycles. The normalized spacial score (nSPS) is 19.7. The number of hydrogen-bond donors (Lipinski definition) is 0. The van der Waals surface area contributed by atoms with Crippen molar-refractivity contribution in [3.63, 3.8) is 0 Å². The van der Waals surface area contributed by atoms with E-state index in [9.17, 15) is 0 Å². The lowest BCUT2D eigenvalue weighted by atomic mass is 10.0. The van der Waals surface area contributed by atoms with Crippen molar-refractivity contribution in [2.75, 3.05) is 13.1 Å². The van der Waals surface area contributed by atoms with Crippen molar-refractivity contribution >= 4 is 0 Å². The van der Waals surface area contributed by atoms with Gasteiger partial charge in [-0.2, -0.15) is 0 Å². The number of hydrogen-bond acceptors (Lipinski definition) is 1. The van der Waals surface area contributed by atoms with Crippen LogP contribution < -0.4 is 0 Å². The van der Waals surface area contributed by atoms with Gasteiger partial charge in [-0.3, -0.25) is 0 Å². The van der Waals surface area contributed by atoms with Crippen LogP contribution in [0.1, 0.15) is 58.8 Å². The SMILES string of the molecule is CCC(C)CCCC=CN1CCCCC1. The van der Waals surface area contributed by atoms with Crippen molar-refractivity contribution in [2.45, 2.75) is 58.8 Å². The van der Waals surface area contributed by atoms with Gasteiger partial charge in [0.15, 0.2) is 0 Å². The molecule has 1 aliphatic rings. The maximum atomic E-state index is 2.48. The summed E-state index contributed by atoms with van der Waals surface area (Å²) < 4.78 is 0. The zero-order chi connectivity index (χ0) is 10.9. The molecule has 0 aromatic heterocycles. The van der Waals surface area contributed by atoms with Crippen LogP contribution in [0.4, 0.5) is 0 Å². The van der Waals surface area contributed by atoms with Crippen molar-refractivity contribution < 1.29 is 0 Å². The molecule has 1 heteroatoms. The fraction of sp³-hybridized carbons (Fsp3) is 0.857. The van der Waals surface area contributed by atoms with E-state index in [1.165, 1.54) is 58.0 Å². The lowest BCUT2D eigenvalue weighted by molar-refractivity contribution is 0.308. The van der Waals surface area contributed by atoms with Crippen LogP contribution in [0, 0.1) is 5.92 Å². The molecule has 0 aliphatic carbocycles. The molecule has 15 heavy (non-hydrogen) atoms. The van der Waals surface area contributed by atoms with E-state index < -0.39 is 0 Å². The molecule has 88 valence electrons. The van der Waals surface area contributed by atoms with Gasteiger partial charge in [0, 0.05) is 13.1 Å². The topological polar surface area (TPSA) is 3.24 Å². The third-order valence-corrected chi connectivity index (χ3v) is 3.47. The summed E-state index contributed by atoms with van der Waals surface area (Å²) in [4.78, 5) is 2.48. The molecular weight excluding hydrogens is 182 g/mol. The van der Waals surface area contributed by atoms with Gasteiger partial charge in [0.25, 0.3) is 0 Å². The number of likely N-dealkylation sites (tertiary alicyclic amines) is 1. The van der Waals surface area contributed by atoms with Gasteiger partial charge < -0.3 is 4.90 Å².